The van der Waals surface area contributed by atoms with Crippen LogP contribution in [0.4, 0.5) is 10.2 Å². The number of aromatic nitrogens is 2. The van der Waals surface area contributed by atoms with Crippen molar-refractivity contribution in [2.75, 3.05) is 11.9 Å². The van der Waals surface area contributed by atoms with Gasteiger partial charge in [0.15, 0.2) is 11.0 Å². The molecule has 126 valence electrons. The van der Waals surface area contributed by atoms with E-state index in [1.807, 2.05) is 0 Å². The third-order valence-electron chi connectivity index (χ3n) is 4.86. The first-order valence-corrected chi connectivity index (χ1v) is 8.58. The Labute approximate surface area is 143 Å². The molecule has 3 fully saturated rings. The predicted octanol–water partition coefficient (Wildman–Crippen LogP) is 3.70. The number of esters is 1. The lowest BCUT2D eigenvalue weighted by Gasteiger charge is -2.47. The van der Waals surface area contributed by atoms with Gasteiger partial charge in [0, 0.05) is 6.04 Å². The number of halogens is 3. The van der Waals surface area contributed by atoms with Crippen LogP contribution in [0.25, 0.3) is 0 Å². The monoisotopic (exact) mass is 361 g/mol. The summed E-state index contributed by atoms with van der Waals surface area (Å²) in [6, 6.07) is -0.224. The molecule has 2 atom stereocenters. The molecule has 0 spiro atoms. The number of rotatable bonds is 4. The largest absolute Gasteiger partial charge is 0.466 e. The summed E-state index contributed by atoms with van der Waals surface area (Å²) in [5.41, 5.74) is 0. The number of ether oxygens (including phenoxy) is 1. The lowest BCUT2D eigenvalue weighted by Crippen LogP contribution is -2.52. The molecule has 1 heterocycles. The molecule has 8 heteroatoms. The molecule has 0 unspecified atom stereocenters. The summed E-state index contributed by atoms with van der Waals surface area (Å²) in [6.45, 7) is 2.12. The van der Waals surface area contributed by atoms with Gasteiger partial charge in [-0.05, 0) is 56.0 Å². The van der Waals surface area contributed by atoms with Crippen molar-refractivity contribution in [3.8, 4) is 0 Å². The minimum absolute atomic E-state index is 0.0538. The SMILES string of the molecule is CCOC(=O)[C@H]1C2CCC(CC2)[C@@H]1Nc1nc(Cl)nc(Cl)c1F. The van der Waals surface area contributed by atoms with E-state index in [0.717, 1.165) is 25.7 Å². The second-order valence-corrected chi connectivity index (χ2v) is 6.76. The maximum Gasteiger partial charge on any atom is 0.311 e. The number of nitrogens with zero attached hydrogens (tertiary/aromatic N) is 2. The highest BCUT2D eigenvalue weighted by molar-refractivity contribution is 6.32. The number of carbonyl (C=O) groups excluding carboxylic acids is 1. The normalized spacial score (nSPS) is 29.4. The molecule has 0 aliphatic heterocycles. The Balaban J connectivity index is 1.88. The summed E-state index contributed by atoms with van der Waals surface area (Å²) in [6.07, 6.45) is 4.01. The van der Waals surface area contributed by atoms with Crippen molar-refractivity contribution in [3.05, 3.63) is 16.3 Å². The fourth-order valence-electron chi connectivity index (χ4n) is 3.88. The average Bonchev–Trinajstić information content (AvgIpc) is 2.53. The van der Waals surface area contributed by atoms with Crippen molar-refractivity contribution in [2.45, 2.75) is 38.6 Å². The van der Waals surface area contributed by atoms with Gasteiger partial charge in [0.1, 0.15) is 0 Å². The molecular formula is C15H18Cl2FN3O2. The van der Waals surface area contributed by atoms with Crippen molar-refractivity contribution >= 4 is 35.0 Å². The Morgan fingerprint density at radius 2 is 1.91 bits per heavy atom. The maximum atomic E-state index is 14.2. The molecule has 0 aromatic carbocycles. The van der Waals surface area contributed by atoms with Crippen molar-refractivity contribution < 1.29 is 13.9 Å². The van der Waals surface area contributed by atoms with Gasteiger partial charge in [0.25, 0.3) is 0 Å². The van der Waals surface area contributed by atoms with Crippen LogP contribution >= 0.6 is 23.2 Å². The summed E-state index contributed by atoms with van der Waals surface area (Å²) < 4.78 is 19.4. The van der Waals surface area contributed by atoms with Gasteiger partial charge < -0.3 is 10.1 Å². The van der Waals surface area contributed by atoms with Gasteiger partial charge in [-0.1, -0.05) is 11.6 Å². The zero-order chi connectivity index (χ0) is 16.6. The van der Waals surface area contributed by atoms with Gasteiger partial charge >= 0.3 is 5.97 Å². The fraction of sp³-hybridized carbons (Fsp3) is 0.667. The van der Waals surface area contributed by atoms with E-state index in [4.69, 9.17) is 27.9 Å². The zero-order valence-corrected chi connectivity index (χ0v) is 14.2. The Morgan fingerprint density at radius 3 is 2.57 bits per heavy atom. The highest BCUT2D eigenvalue weighted by Gasteiger charge is 2.48. The first kappa shape index (κ1) is 16.7. The summed E-state index contributed by atoms with van der Waals surface area (Å²) >= 11 is 11.5. The van der Waals surface area contributed by atoms with E-state index < -0.39 is 5.82 Å². The summed E-state index contributed by atoms with van der Waals surface area (Å²) in [5.74, 6) is -0.795. The Bertz CT molecular complexity index is 609. The Morgan fingerprint density at radius 1 is 1.26 bits per heavy atom. The van der Waals surface area contributed by atoms with Crippen LogP contribution in [0.1, 0.15) is 32.6 Å². The van der Waals surface area contributed by atoms with Gasteiger partial charge in [0.2, 0.25) is 11.1 Å². The summed E-state index contributed by atoms with van der Waals surface area (Å²) in [4.78, 5) is 19.8. The lowest BCUT2D eigenvalue weighted by molar-refractivity contribution is -0.154. The predicted molar refractivity (Wildman–Crippen MR) is 85.0 cm³/mol. The van der Waals surface area contributed by atoms with Crippen molar-refractivity contribution in [1.29, 1.82) is 0 Å². The first-order chi connectivity index (χ1) is 11.0. The quantitative estimate of drug-likeness (QED) is 0.503. The third kappa shape index (κ3) is 3.24. The molecule has 3 saturated carbocycles. The van der Waals surface area contributed by atoms with E-state index >= 15 is 0 Å². The molecule has 4 rings (SSSR count). The second-order valence-electron chi connectivity index (χ2n) is 6.07. The number of carbonyl (C=O) groups is 1. The summed E-state index contributed by atoms with van der Waals surface area (Å²) in [7, 11) is 0. The number of anilines is 1. The van der Waals surface area contributed by atoms with Crippen LogP contribution in [-0.4, -0.2) is 28.6 Å². The van der Waals surface area contributed by atoms with Crippen LogP contribution < -0.4 is 5.32 Å². The maximum absolute atomic E-state index is 14.2. The van der Waals surface area contributed by atoms with Crippen molar-refractivity contribution in [2.24, 2.45) is 17.8 Å². The summed E-state index contributed by atoms with van der Waals surface area (Å²) in [5, 5.41) is 2.59. The number of hydrogen-bond acceptors (Lipinski definition) is 5. The molecule has 1 aromatic rings. The number of hydrogen-bond donors (Lipinski definition) is 1. The first-order valence-electron chi connectivity index (χ1n) is 7.83. The van der Waals surface area contributed by atoms with Crippen molar-refractivity contribution in [1.82, 2.24) is 9.97 Å². The molecule has 3 aliphatic rings. The van der Waals surface area contributed by atoms with Crippen LogP contribution in [0, 0.1) is 23.6 Å². The molecule has 1 aromatic heterocycles. The topological polar surface area (TPSA) is 64.1 Å². The van der Waals surface area contributed by atoms with E-state index in [1.165, 1.54) is 0 Å². The van der Waals surface area contributed by atoms with E-state index in [-0.39, 0.29) is 46.0 Å². The molecule has 1 N–H and O–H groups in total. The van der Waals surface area contributed by atoms with Crippen LogP contribution in [0.5, 0.6) is 0 Å². The van der Waals surface area contributed by atoms with Gasteiger partial charge in [-0.2, -0.15) is 9.37 Å². The van der Waals surface area contributed by atoms with E-state index in [0.29, 0.717) is 6.61 Å². The highest BCUT2D eigenvalue weighted by Crippen LogP contribution is 2.46. The van der Waals surface area contributed by atoms with Gasteiger partial charge in [0.05, 0.1) is 12.5 Å². The second kappa shape index (κ2) is 6.77. The molecular weight excluding hydrogens is 344 g/mol. The van der Waals surface area contributed by atoms with E-state index in [9.17, 15) is 9.18 Å². The molecule has 3 aliphatic carbocycles. The molecule has 0 amide bonds. The van der Waals surface area contributed by atoms with Crippen LogP contribution in [0.15, 0.2) is 0 Å². The fourth-order valence-corrected chi connectivity index (χ4v) is 4.26. The van der Waals surface area contributed by atoms with E-state index in [2.05, 4.69) is 15.3 Å². The molecule has 23 heavy (non-hydrogen) atoms. The van der Waals surface area contributed by atoms with Crippen LogP contribution in [0.3, 0.4) is 0 Å². The third-order valence-corrected chi connectivity index (χ3v) is 5.28. The van der Waals surface area contributed by atoms with Gasteiger partial charge in [-0.25, -0.2) is 4.98 Å². The Kier molecular flexibility index (Phi) is 4.92. The lowest BCUT2D eigenvalue weighted by atomic mass is 9.61. The number of nitrogens with one attached hydrogen (secondary N) is 1. The van der Waals surface area contributed by atoms with Gasteiger partial charge in [-0.15, -0.1) is 0 Å². The van der Waals surface area contributed by atoms with Crippen molar-refractivity contribution in [3.63, 3.8) is 0 Å². The highest BCUT2D eigenvalue weighted by atomic mass is 35.5. The average molecular weight is 362 g/mol. The minimum Gasteiger partial charge on any atom is -0.466 e. The molecule has 0 saturated heterocycles. The van der Waals surface area contributed by atoms with Crippen LogP contribution in [-0.2, 0) is 9.53 Å². The van der Waals surface area contributed by atoms with Gasteiger partial charge in [-0.3, -0.25) is 4.79 Å². The molecule has 0 radical (unpaired) electrons. The molecule has 2 bridgehead atoms. The standard InChI is InChI=1S/C15H18Cl2FN3O2/c1-2-23-14(22)9-7-3-5-8(6-4-7)11(9)19-13-10(18)12(16)20-15(17)21-13/h7-9,11H,2-6H2,1H3,(H,19,20,21)/t7?,8?,9-,11-/m0/s1. The Hall–Kier alpha value is -1.14. The van der Waals surface area contributed by atoms with Crippen LogP contribution in [0.2, 0.25) is 10.4 Å². The molecule has 5 nitrogen and oxygen atoms in total. The zero-order valence-electron chi connectivity index (χ0n) is 12.7. The smallest absolute Gasteiger partial charge is 0.311 e. The minimum atomic E-state index is -0.750. The number of fused-ring (bicyclic) bond motifs is 3. The van der Waals surface area contributed by atoms with E-state index in [1.54, 1.807) is 6.92 Å².